The summed E-state index contributed by atoms with van der Waals surface area (Å²) in [7, 11) is 0. The molecule has 0 aliphatic heterocycles. The highest BCUT2D eigenvalue weighted by Gasteiger charge is 2.06. The van der Waals surface area contributed by atoms with Gasteiger partial charge in [-0.05, 0) is 32.1 Å². The Balaban J connectivity index is 3.29. The molecule has 0 spiro atoms. The van der Waals surface area contributed by atoms with Crippen molar-refractivity contribution in [2.75, 3.05) is 19.1 Å². The molecule has 0 rings (SSSR count). The minimum Gasteiger partial charge on any atom is -0.466 e. The van der Waals surface area contributed by atoms with E-state index in [4.69, 9.17) is 21.1 Å². The molecule has 0 saturated heterocycles. The summed E-state index contributed by atoms with van der Waals surface area (Å²) in [6, 6.07) is 0. The van der Waals surface area contributed by atoms with Crippen molar-refractivity contribution in [1.82, 2.24) is 0 Å². The maximum atomic E-state index is 11.7. The van der Waals surface area contributed by atoms with E-state index < -0.39 is 0 Å². The molecular weight excluding hydrogens is 376 g/mol. The van der Waals surface area contributed by atoms with E-state index in [-0.39, 0.29) is 11.9 Å². The first-order valence-corrected chi connectivity index (χ1v) is 12.1. The minimum absolute atomic E-state index is 0.147. The van der Waals surface area contributed by atoms with Gasteiger partial charge in [0.15, 0.2) is 0 Å². The van der Waals surface area contributed by atoms with E-state index in [1.807, 2.05) is 0 Å². The van der Waals surface area contributed by atoms with Crippen molar-refractivity contribution in [1.29, 1.82) is 0 Å². The van der Waals surface area contributed by atoms with E-state index in [0.717, 1.165) is 38.0 Å². The molecule has 28 heavy (non-hydrogen) atoms. The lowest BCUT2D eigenvalue weighted by atomic mass is 10.1. The Bertz CT molecular complexity index is 361. The number of hydrogen-bond acceptors (Lipinski definition) is 4. The van der Waals surface area contributed by atoms with Crippen LogP contribution in [0.3, 0.4) is 0 Å². The van der Waals surface area contributed by atoms with E-state index in [1.165, 1.54) is 51.4 Å². The molecule has 5 heteroatoms. The molecule has 0 amide bonds. The van der Waals surface area contributed by atoms with Gasteiger partial charge in [0.2, 0.25) is 0 Å². The van der Waals surface area contributed by atoms with Gasteiger partial charge in [-0.25, -0.2) is 0 Å². The van der Waals surface area contributed by atoms with Gasteiger partial charge in [0.05, 0.1) is 13.2 Å². The highest BCUT2D eigenvalue weighted by molar-refractivity contribution is 6.17. The predicted molar refractivity (Wildman–Crippen MR) is 117 cm³/mol. The van der Waals surface area contributed by atoms with Gasteiger partial charge < -0.3 is 9.47 Å². The molecule has 0 atom stereocenters. The van der Waals surface area contributed by atoms with Crippen LogP contribution in [0, 0.1) is 0 Å². The predicted octanol–water partition coefficient (Wildman–Crippen LogP) is 6.96. The number of carbonyl (C=O) groups is 2. The Morgan fingerprint density at radius 3 is 1.39 bits per heavy atom. The van der Waals surface area contributed by atoms with E-state index in [1.54, 1.807) is 0 Å². The van der Waals surface area contributed by atoms with Gasteiger partial charge in [0, 0.05) is 18.7 Å². The summed E-state index contributed by atoms with van der Waals surface area (Å²) in [6.45, 7) is 3.23. The largest absolute Gasteiger partial charge is 0.466 e. The average molecular weight is 419 g/mol. The zero-order valence-corrected chi connectivity index (χ0v) is 18.9. The first-order valence-electron chi connectivity index (χ1n) is 11.6. The van der Waals surface area contributed by atoms with Crippen molar-refractivity contribution in [2.45, 2.75) is 116 Å². The first-order chi connectivity index (χ1) is 13.7. The average Bonchev–Trinajstić information content (AvgIpc) is 2.69. The molecule has 0 aromatic carbocycles. The van der Waals surface area contributed by atoms with Gasteiger partial charge >= 0.3 is 11.9 Å². The van der Waals surface area contributed by atoms with Crippen LogP contribution in [0.1, 0.15) is 116 Å². The van der Waals surface area contributed by atoms with E-state index >= 15 is 0 Å². The summed E-state index contributed by atoms with van der Waals surface area (Å²) in [6.07, 6.45) is 17.4. The fraction of sp³-hybridized carbons (Fsp3) is 0.913. The molecule has 166 valence electrons. The van der Waals surface area contributed by atoms with Gasteiger partial charge in [-0.3, -0.25) is 9.59 Å². The lowest BCUT2D eigenvalue weighted by Crippen LogP contribution is -2.08. The Morgan fingerprint density at radius 2 is 0.964 bits per heavy atom. The first kappa shape index (κ1) is 27.2. The molecule has 0 saturated carbocycles. The molecule has 0 N–H and O–H groups in total. The fourth-order valence-electron chi connectivity index (χ4n) is 3.02. The number of rotatable bonds is 21. The molecule has 0 aromatic rings. The summed E-state index contributed by atoms with van der Waals surface area (Å²) in [5, 5.41) is 0. The van der Waals surface area contributed by atoms with Crippen LogP contribution in [0.15, 0.2) is 0 Å². The highest BCUT2D eigenvalue weighted by atomic mass is 35.5. The molecule has 0 bridgehead atoms. The second-order valence-corrected chi connectivity index (χ2v) is 7.96. The van der Waals surface area contributed by atoms with Gasteiger partial charge in [0.25, 0.3) is 0 Å². The van der Waals surface area contributed by atoms with Crippen molar-refractivity contribution in [3.63, 3.8) is 0 Å². The highest BCUT2D eigenvalue weighted by Crippen LogP contribution is 2.10. The van der Waals surface area contributed by atoms with Crippen LogP contribution in [0.2, 0.25) is 0 Å². The quantitative estimate of drug-likeness (QED) is 0.115. The minimum atomic E-state index is -0.148. The summed E-state index contributed by atoms with van der Waals surface area (Å²) < 4.78 is 10.5. The molecule has 0 aliphatic carbocycles. The third kappa shape index (κ3) is 21.5. The van der Waals surface area contributed by atoms with Gasteiger partial charge in [-0.2, -0.15) is 0 Å². The number of alkyl halides is 1. The van der Waals surface area contributed by atoms with Gasteiger partial charge in [-0.1, -0.05) is 71.1 Å². The zero-order chi connectivity index (χ0) is 20.7. The third-order valence-electron chi connectivity index (χ3n) is 4.81. The lowest BCUT2D eigenvalue weighted by Gasteiger charge is -2.06. The standard InChI is InChI=1S/C23H43ClO4/c1-2-3-4-10-15-20-27-22(25)17-12-13-18-23(26)28-21-16-11-8-6-5-7-9-14-19-24/h2-21H2,1H3. The van der Waals surface area contributed by atoms with Crippen molar-refractivity contribution in [3.8, 4) is 0 Å². The van der Waals surface area contributed by atoms with Crippen LogP contribution in [0.5, 0.6) is 0 Å². The monoisotopic (exact) mass is 418 g/mol. The third-order valence-corrected chi connectivity index (χ3v) is 5.08. The van der Waals surface area contributed by atoms with Crippen LogP contribution in [0.25, 0.3) is 0 Å². The fourth-order valence-corrected chi connectivity index (χ4v) is 3.21. The Kier molecular flexibility index (Phi) is 21.9. The molecule has 0 radical (unpaired) electrons. The van der Waals surface area contributed by atoms with Crippen molar-refractivity contribution in [3.05, 3.63) is 0 Å². The van der Waals surface area contributed by atoms with E-state index in [2.05, 4.69) is 6.92 Å². The number of ether oxygens (including phenoxy) is 2. The van der Waals surface area contributed by atoms with E-state index in [9.17, 15) is 9.59 Å². The molecule has 4 nitrogen and oxygen atoms in total. The second-order valence-electron chi connectivity index (χ2n) is 7.58. The SMILES string of the molecule is CCCCCCCOC(=O)CCCCC(=O)OCCCCCCCCCCCl. The number of esters is 2. The van der Waals surface area contributed by atoms with Crippen LogP contribution >= 0.6 is 11.6 Å². The van der Waals surface area contributed by atoms with Gasteiger partial charge in [0.1, 0.15) is 0 Å². The maximum Gasteiger partial charge on any atom is 0.305 e. The Labute approximate surface area is 178 Å². The van der Waals surface area contributed by atoms with Gasteiger partial charge in [-0.15, -0.1) is 11.6 Å². The van der Waals surface area contributed by atoms with Crippen LogP contribution in [0.4, 0.5) is 0 Å². The lowest BCUT2D eigenvalue weighted by molar-refractivity contribution is -0.146. The summed E-state index contributed by atoms with van der Waals surface area (Å²) in [5.74, 6) is 0.478. The molecule has 0 heterocycles. The van der Waals surface area contributed by atoms with E-state index in [0.29, 0.717) is 38.9 Å². The van der Waals surface area contributed by atoms with Crippen LogP contribution in [-0.2, 0) is 19.1 Å². The van der Waals surface area contributed by atoms with Crippen LogP contribution in [-0.4, -0.2) is 31.0 Å². The molecule has 0 unspecified atom stereocenters. The summed E-state index contributed by atoms with van der Waals surface area (Å²) >= 11 is 5.65. The Morgan fingerprint density at radius 1 is 0.571 bits per heavy atom. The second kappa shape index (κ2) is 22.5. The number of unbranched alkanes of at least 4 members (excludes halogenated alkanes) is 12. The van der Waals surface area contributed by atoms with Crippen LogP contribution < -0.4 is 0 Å². The molecule has 0 fully saturated rings. The molecular formula is C23H43ClO4. The normalized spacial score (nSPS) is 10.8. The molecule has 0 aliphatic rings. The number of carbonyl (C=O) groups excluding carboxylic acids is 2. The maximum absolute atomic E-state index is 11.7. The van der Waals surface area contributed by atoms with Crippen molar-refractivity contribution >= 4 is 23.5 Å². The van der Waals surface area contributed by atoms with Crippen molar-refractivity contribution in [2.24, 2.45) is 0 Å². The number of halogens is 1. The van der Waals surface area contributed by atoms with Crippen molar-refractivity contribution < 1.29 is 19.1 Å². The topological polar surface area (TPSA) is 52.6 Å². The Hall–Kier alpha value is -0.770. The summed E-state index contributed by atoms with van der Waals surface area (Å²) in [5.41, 5.74) is 0. The smallest absolute Gasteiger partial charge is 0.305 e. The molecule has 0 aromatic heterocycles. The zero-order valence-electron chi connectivity index (χ0n) is 18.2. The number of hydrogen-bond donors (Lipinski definition) is 0. The summed E-state index contributed by atoms with van der Waals surface area (Å²) in [4.78, 5) is 23.3.